The Labute approximate surface area is 99.8 Å². The SMILES string of the molecule is Oc1ccc(NCCCCCCBr)cc1. The molecular formula is C12H18BrNO. The van der Waals surface area contributed by atoms with Crippen LogP contribution in [0.3, 0.4) is 0 Å². The topological polar surface area (TPSA) is 32.3 Å². The highest BCUT2D eigenvalue weighted by Gasteiger charge is 1.92. The predicted octanol–water partition coefficient (Wildman–Crippen LogP) is 3.76. The van der Waals surface area contributed by atoms with Gasteiger partial charge in [-0.1, -0.05) is 28.8 Å². The van der Waals surface area contributed by atoms with E-state index in [1.807, 2.05) is 12.1 Å². The lowest BCUT2D eigenvalue weighted by atomic mass is 10.2. The molecule has 2 N–H and O–H groups in total. The molecule has 1 aromatic carbocycles. The van der Waals surface area contributed by atoms with Crippen molar-refractivity contribution in [1.82, 2.24) is 0 Å². The van der Waals surface area contributed by atoms with Crippen LogP contribution in [0.5, 0.6) is 5.75 Å². The van der Waals surface area contributed by atoms with E-state index in [1.54, 1.807) is 12.1 Å². The van der Waals surface area contributed by atoms with Crippen molar-refractivity contribution in [2.24, 2.45) is 0 Å². The first-order valence-electron chi connectivity index (χ1n) is 5.42. The lowest BCUT2D eigenvalue weighted by Crippen LogP contribution is -2.00. The van der Waals surface area contributed by atoms with E-state index in [1.165, 1.54) is 25.7 Å². The van der Waals surface area contributed by atoms with Crippen molar-refractivity contribution in [2.75, 3.05) is 17.2 Å². The number of benzene rings is 1. The van der Waals surface area contributed by atoms with Gasteiger partial charge < -0.3 is 10.4 Å². The summed E-state index contributed by atoms with van der Waals surface area (Å²) in [4.78, 5) is 0. The summed E-state index contributed by atoms with van der Waals surface area (Å²) in [5.74, 6) is 0.317. The number of hydrogen-bond donors (Lipinski definition) is 2. The number of nitrogens with one attached hydrogen (secondary N) is 1. The van der Waals surface area contributed by atoms with Crippen molar-refractivity contribution in [3.8, 4) is 5.75 Å². The van der Waals surface area contributed by atoms with Crippen LogP contribution in [0, 0.1) is 0 Å². The molecule has 0 unspecified atom stereocenters. The monoisotopic (exact) mass is 271 g/mol. The lowest BCUT2D eigenvalue weighted by Gasteiger charge is -2.05. The minimum Gasteiger partial charge on any atom is -0.508 e. The number of anilines is 1. The molecule has 0 aliphatic carbocycles. The number of phenols is 1. The third kappa shape index (κ3) is 5.67. The van der Waals surface area contributed by atoms with Crippen LogP contribution in [0.25, 0.3) is 0 Å². The van der Waals surface area contributed by atoms with Crippen LogP contribution in [-0.2, 0) is 0 Å². The van der Waals surface area contributed by atoms with Gasteiger partial charge in [0, 0.05) is 17.6 Å². The standard InChI is InChI=1S/C12H18BrNO/c13-9-3-1-2-4-10-14-11-5-7-12(15)8-6-11/h5-8,14-15H,1-4,9-10H2. The number of unbranched alkanes of at least 4 members (excludes halogenated alkanes) is 3. The van der Waals surface area contributed by atoms with Crippen LogP contribution in [0.15, 0.2) is 24.3 Å². The van der Waals surface area contributed by atoms with E-state index >= 15 is 0 Å². The molecule has 0 bridgehead atoms. The minimum absolute atomic E-state index is 0.317. The van der Waals surface area contributed by atoms with Crippen LogP contribution < -0.4 is 5.32 Å². The van der Waals surface area contributed by atoms with Gasteiger partial charge in [0.1, 0.15) is 5.75 Å². The third-order valence-electron chi connectivity index (χ3n) is 2.26. The first kappa shape index (κ1) is 12.4. The smallest absolute Gasteiger partial charge is 0.115 e. The van der Waals surface area contributed by atoms with Crippen LogP contribution >= 0.6 is 15.9 Å². The molecule has 0 aromatic heterocycles. The number of alkyl halides is 1. The van der Waals surface area contributed by atoms with Gasteiger partial charge in [-0.15, -0.1) is 0 Å². The maximum Gasteiger partial charge on any atom is 0.115 e. The first-order valence-corrected chi connectivity index (χ1v) is 6.54. The van der Waals surface area contributed by atoms with Crippen molar-refractivity contribution in [2.45, 2.75) is 25.7 Å². The summed E-state index contributed by atoms with van der Waals surface area (Å²) in [6, 6.07) is 7.20. The van der Waals surface area contributed by atoms with E-state index in [2.05, 4.69) is 21.2 Å². The summed E-state index contributed by atoms with van der Waals surface area (Å²) in [7, 11) is 0. The summed E-state index contributed by atoms with van der Waals surface area (Å²) in [5, 5.41) is 13.5. The zero-order valence-electron chi connectivity index (χ0n) is 8.88. The Balaban J connectivity index is 2.07. The van der Waals surface area contributed by atoms with Crippen molar-refractivity contribution in [1.29, 1.82) is 0 Å². The lowest BCUT2D eigenvalue weighted by molar-refractivity contribution is 0.475. The van der Waals surface area contributed by atoms with Crippen LogP contribution in [0.4, 0.5) is 5.69 Å². The quantitative estimate of drug-likeness (QED) is 0.450. The van der Waals surface area contributed by atoms with Gasteiger partial charge in [-0.2, -0.15) is 0 Å². The van der Waals surface area contributed by atoms with E-state index < -0.39 is 0 Å². The van der Waals surface area contributed by atoms with Gasteiger partial charge in [-0.3, -0.25) is 0 Å². The van der Waals surface area contributed by atoms with Crippen LogP contribution in [0.1, 0.15) is 25.7 Å². The average Bonchev–Trinajstić information content (AvgIpc) is 2.26. The molecular weight excluding hydrogens is 254 g/mol. The molecule has 0 aliphatic rings. The fourth-order valence-electron chi connectivity index (χ4n) is 1.39. The Morgan fingerprint density at radius 2 is 1.67 bits per heavy atom. The molecule has 15 heavy (non-hydrogen) atoms. The molecule has 0 heterocycles. The molecule has 1 rings (SSSR count). The number of phenolic OH excluding ortho intramolecular Hbond substituents is 1. The molecule has 0 fully saturated rings. The number of aromatic hydroxyl groups is 1. The second-order valence-corrected chi connectivity index (χ2v) is 4.37. The van der Waals surface area contributed by atoms with Gasteiger partial charge in [0.25, 0.3) is 0 Å². The fraction of sp³-hybridized carbons (Fsp3) is 0.500. The Kier molecular flexibility index (Phi) is 6.25. The molecule has 0 atom stereocenters. The Bertz CT molecular complexity index is 261. The normalized spacial score (nSPS) is 10.2. The van der Waals surface area contributed by atoms with Gasteiger partial charge in [0.15, 0.2) is 0 Å². The van der Waals surface area contributed by atoms with E-state index in [0.29, 0.717) is 5.75 Å². The number of hydrogen-bond acceptors (Lipinski definition) is 2. The molecule has 1 aromatic rings. The van der Waals surface area contributed by atoms with Gasteiger partial charge in [-0.05, 0) is 37.1 Å². The van der Waals surface area contributed by atoms with Crippen LogP contribution in [0.2, 0.25) is 0 Å². The summed E-state index contributed by atoms with van der Waals surface area (Å²) < 4.78 is 0. The largest absolute Gasteiger partial charge is 0.508 e. The molecule has 0 amide bonds. The maximum atomic E-state index is 9.09. The van der Waals surface area contributed by atoms with Crippen molar-refractivity contribution < 1.29 is 5.11 Å². The summed E-state index contributed by atoms with van der Waals surface area (Å²) in [6.07, 6.45) is 5.03. The van der Waals surface area contributed by atoms with Gasteiger partial charge >= 0.3 is 0 Å². The molecule has 0 saturated carbocycles. The highest BCUT2D eigenvalue weighted by molar-refractivity contribution is 9.09. The summed E-state index contributed by atoms with van der Waals surface area (Å²) in [6.45, 7) is 1.01. The number of rotatable bonds is 7. The molecule has 84 valence electrons. The summed E-state index contributed by atoms with van der Waals surface area (Å²) in [5.41, 5.74) is 1.08. The van der Waals surface area contributed by atoms with E-state index in [0.717, 1.165) is 17.6 Å². The molecule has 0 aliphatic heterocycles. The maximum absolute atomic E-state index is 9.09. The predicted molar refractivity (Wildman–Crippen MR) is 68.9 cm³/mol. The summed E-state index contributed by atoms with van der Waals surface area (Å²) >= 11 is 3.42. The minimum atomic E-state index is 0.317. The molecule has 2 nitrogen and oxygen atoms in total. The Morgan fingerprint density at radius 3 is 2.33 bits per heavy atom. The first-order chi connectivity index (χ1) is 7.33. The van der Waals surface area contributed by atoms with Crippen molar-refractivity contribution in [3.63, 3.8) is 0 Å². The van der Waals surface area contributed by atoms with Crippen molar-refractivity contribution >= 4 is 21.6 Å². The highest BCUT2D eigenvalue weighted by Crippen LogP contribution is 2.13. The van der Waals surface area contributed by atoms with Crippen LogP contribution in [-0.4, -0.2) is 17.0 Å². The Morgan fingerprint density at radius 1 is 1.00 bits per heavy atom. The molecule has 0 saturated heterocycles. The van der Waals surface area contributed by atoms with Gasteiger partial charge in [-0.25, -0.2) is 0 Å². The molecule has 0 radical (unpaired) electrons. The third-order valence-corrected chi connectivity index (χ3v) is 2.82. The Hall–Kier alpha value is -0.700. The second kappa shape index (κ2) is 7.57. The van der Waals surface area contributed by atoms with E-state index in [9.17, 15) is 0 Å². The zero-order valence-corrected chi connectivity index (χ0v) is 10.5. The van der Waals surface area contributed by atoms with Gasteiger partial charge in [0.05, 0.1) is 0 Å². The highest BCUT2D eigenvalue weighted by atomic mass is 79.9. The number of halogens is 1. The van der Waals surface area contributed by atoms with E-state index in [4.69, 9.17) is 5.11 Å². The zero-order chi connectivity index (χ0) is 10.9. The second-order valence-electron chi connectivity index (χ2n) is 3.58. The molecule has 3 heteroatoms. The average molecular weight is 272 g/mol. The van der Waals surface area contributed by atoms with E-state index in [-0.39, 0.29) is 0 Å². The van der Waals surface area contributed by atoms with Gasteiger partial charge in [0.2, 0.25) is 0 Å². The van der Waals surface area contributed by atoms with Crippen molar-refractivity contribution in [3.05, 3.63) is 24.3 Å². The fourth-order valence-corrected chi connectivity index (χ4v) is 1.78. The molecule has 0 spiro atoms.